The fraction of sp³-hybridized carbons (Fsp3) is 0.182. The van der Waals surface area contributed by atoms with Gasteiger partial charge in [0.2, 0.25) is 11.7 Å². The molecule has 5 nitrogen and oxygen atoms in total. The van der Waals surface area contributed by atoms with Gasteiger partial charge in [-0.1, -0.05) is 0 Å². The Kier molecular flexibility index (Phi) is 3.77. The first-order chi connectivity index (χ1) is 7.49. The molecule has 1 aromatic carbocycles. The van der Waals surface area contributed by atoms with Gasteiger partial charge in [0, 0.05) is 25.2 Å². The number of rotatable bonds is 3. The second kappa shape index (κ2) is 5.06. The molecule has 16 heavy (non-hydrogen) atoms. The molecule has 0 atom stereocenters. The molecule has 84 valence electrons. The Hall–Kier alpha value is -2.17. The van der Waals surface area contributed by atoms with E-state index in [9.17, 15) is 14.4 Å². The Morgan fingerprint density at radius 3 is 1.69 bits per heavy atom. The van der Waals surface area contributed by atoms with Crippen molar-refractivity contribution in [3.63, 3.8) is 0 Å². The van der Waals surface area contributed by atoms with Gasteiger partial charge in [-0.3, -0.25) is 14.4 Å². The predicted molar refractivity (Wildman–Crippen MR) is 60.1 cm³/mol. The molecule has 0 radical (unpaired) electrons. The maximum Gasteiger partial charge on any atom is 0.291 e. The van der Waals surface area contributed by atoms with E-state index in [0.29, 0.717) is 11.4 Å². The number of carbonyl (C=O) groups is 3. The van der Waals surface area contributed by atoms with Crippen LogP contribution in [0, 0.1) is 0 Å². The number of nitrogens with one attached hydrogen (secondary N) is 2. The molecule has 2 amide bonds. The SMILES string of the molecule is CC(=O)Nc1ccc(NC(=O)C(C)=O)cc1. The molecule has 1 rings (SSSR count). The van der Waals surface area contributed by atoms with Gasteiger partial charge in [0.05, 0.1) is 0 Å². The van der Waals surface area contributed by atoms with Crippen LogP contribution in [-0.2, 0) is 14.4 Å². The third-order valence-electron chi connectivity index (χ3n) is 1.78. The number of Topliss-reactive ketones (excluding diaryl/α,β-unsaturated/α-hetero) is 1. The van der Waals surface area contributed by atoms with Gasteiger partial charge in [-0.2, -0.15) is 0 Å². The normalized spacial score (nSPS) is 9.38. The minimum absolute atomic E-state index is 0.166. The number of hydrogen-bond donors (Lipinski definition) is 2. The lowest BCUT2D eigenvalue weighted by Crippen LogP contribution is -2.19. The van der Waals surface area contributed by atoms with Crippen molar-refractivity contribution in [1.82, 2.24) is 0 Å². The van der Waals surface area contributed by atoms with Gasteiger partial charge in [-0.15, -0.1) is 0 Å². The Morgan fingerprint density at radius 1 is 0.875 bits per heavy atom. The van der Waals surface area contributed by atoms with Gasteiger partial charge in [0.1, 0.15) is 0 Å². The van der Waals surface area contributed by atoms with E-state index >= 15 is 0 Å². The molecule has 0 spiro atoms. The lowest BCUT2D eigenvalue weighted by molar-refractivity contribution is -0.133. The van der Waals surface area contributed by atoms with Gasteiger partial charge in [0.25, 0.3) is 5.91 Å². The predicted octanol–water partition coefficient (Wildman–Crippen LogP) is 1.17. The maximum atomic E-state index is 11.0. The number of carbonyl (C=O) groups excluding carboxylic acids is 3. The second-order valence-corrected chi connectivity index (χ2v) is 3.27. The highest BCUT2D eigenvalue weighted by Crippen LogP contribution is 2.13. The van der Waals surface area contributed by atoms with Crippen molar-refractivity contribution in [3.05, 3.63) is 24.3 Å². The molecule has 0 saturated heterocycles. The van der Waals surface area contributed by atoms with E-state index < -0.39 is 11.7 Å². The first kappa shape index (κ1) is 11.9. The number of ketones is 1. The van der Waals surface area contributed by atoms with Crippen LogP contribution < -0.4 is 10.6 Å². The van der Waals surface area contributed by atoms with E-state index in [4.69, 9.17) is 0 Å². The van der Waals surface area contributed by atoms with E-state index in [1.165, 1.54) is 13.8 Å². The molecule has 0 unspecified atom stereocenters. The highest BCUT2D eigenvalue weighted by Gasteiger charge is 2.06. The molecule has 0 aliphatic rings. The van der Waals surface area contributed by atoms with Crippen LogP contribution in [0.5, 0.6) is 0 Å². The van der Waals surface area contributed by atoms with Gasteiger partial charge in [-0.05, 0) is 24.3 Å². The van der Waals surface area contributed by atoms with Crippen LogP contribution in [-0.4, -0.2) is 17.6 Å². The number of hydrogen-bond acceptors (Lipinski definition) is 3. The third-order valence-corrected chi connectivity index (χ3v) is 1.78. The standard InChI is InChI=1S/C11H12N2O3/c1-7(14)11(16)13-10-5-3-9(4-6-10)12-8(2)15/h3-6H,1-2H3,(H,12,15)(H,13,16). The van der Waals surface area contributed by atoms with Crippen LogP contribution in [0.4, 0.5) is 11.4 Å². The second-order valence-electron chi connectivity index (χ2n) is 3.27. The third kappa shape index (κ3) is 3.53. The Morgan fingerprint density at radius 2 is 1.31 bits per heavy atom. The zero-order valence-electron chi connectivity index (χ0n) is 9.03. The largest absolute Gasteiger partial charge is 0.326 e. The fourth-order valence-corrected chi connectivity index (χ4v) is 1.06. The molecule has 1 aromatic rings. The van der Waals surface area contributed by atoms with Crippen LogP contribution in [0.1, 0.15) is 13.8 Å². The highest BCUT2D eigenvalue weighted by molar-refractivity contribution is 6.39. The van der Waals surface area contributed by atoms with Crippen molar-refractivity contribution >= 4 is 29.0 Å². The summed E-state index contributed by atoms with van der Waals surface area (Å²) in [6.07, 6.45) is 0. The molecule has 0 saturated carbocycles. The molecule has 5 heteroatoms. The monoisotopic (exact) mass is 220 g/mol. The first-order valence-electron chi connectivity index (χ1n) is 4.68. The summed E-state index contributed by atoms with van der Waals surface area (Å²) in [6.45, 7) is 2.60. The Bertz CT molecular complexity index is 423. The number of amides is 2. The average molecular weight is 220 g/mol. The topological polar surface area (TPSA) is 75.3 Å². The van der Waals surface area contributed by atoms with Crippen molar-refractivity contribution in [2.24, 2.45) is 0 Å². The summed E-state index contributed by atoms with van der Waals surface area (Å²) in [5, 5.41) is 5.01. The van der Waals surface area contributed by atoms with Crippen molar-refractivity contribution in [2.75, 3.05) is 10.6 Å². The quantitative estimate of drug-likeness (QED) is 0.751. The lowest BCUT2D eigenvalue weighted by Gasteiger charge is -2.05. The van der Waals surface area contributed by atoms with Gasteiger partial charge in [0.15, 0.2) is 0 Å². The Labute approximate surface area is 92.8 Å². The molecule has 0 aliphatic carbocycles. The molecule has 0 aromatic heterocycles. The van der Waals surface area contributed by atoms with Crippen LogP contribution in [0.2, 0.25) is 0 Å². The van der Waals surface area contributed by atoms with Crippen molar-refractivity contribution in [1.29, 1.82) is 0 Å². The van der Waals surface area contributed by atoms with Crippen molar-refractivity contribution < 1.29 is 14.4 Å². The van der Waals surface area contributed by atoms with E-state index in [0.717, 1.165) is 0 Å². The summed E-state index contributed by atoms with van der Waals surface area (Å²) in [6, 6.07) is 6.48. The van der Waals surface area contributed by atoms with Crippen molar-refractivity contribution in [2.45, 2.75) is 13.8 Å². The van der Waals surface area contributed by atoms with Crippen LogP contribution in [0.15, 0.2) is 24.3 Å². The van der Waals surface area contributed by atoms with E-state index in [2.05, 4.69) is 10.6 Å². The zero-order valence-corrected chi connectivity index (χ0v) is 9.03. The molecule has 0 fully saturated rings. The van der Waals surface area contributed by atoms with Gasteiger partial charge >= 0.3 is 0 Å². The highest BCUT2D eigenvalue weighted by atomic mass is 16.2. The number of anilines is 2. The average Bonchev–Trinajstić information content (AvgIpc) is 2.20. The summed E-state index contributed by atoms with van der Waals surface area (Å²) in [5.74, 6) is -1.38. The lowest BCUT2D eigenvalue weighted by atomic mass is 10.2. The van der Waals surface area contributed by atoms with Crippen LogP contribution >= 0.6 is 0 Å². The van der Waals surface area contributed by atoms with Crippen molar-refractivity contribution in [3.8, 4) is 0 Å². The van der Waals surface area contributed by atoms with Gasteiger partial charge < -0.3 is 10.6 Å². The van der Waals surface area contributed by atoms with E-state index in [1.54, 1.807) is 24.3 Å². The molecular formula is C11H12N2O3. The zero-order chi connectivity index (χ0) is 12.1. The van der Waals surface area contributed by atoms with Crippen LogP contribution in [0.25, 0.3) is 0 Å². The number of benzene rings is 1. The molecular weight excluding hydrogens is 208 g/mol. The smallest absolute Gasteiger partial charge is 0.291 e. The first-order valence-corrected chi connectivity index (χ1v) is 4.68. The molecule has 0 bridgehead atoms. The maximum absolute atomic E-state index is 11.0. The molecule has 0 aliphatic heterocycles. The summed E-state index contributed by atoms with van der Waals surface area (Å²) in [7, 11) is 0. The summed E-state index contributed by atoms with van der Waals surface area (Å²) in [4.78, 5) is 32.5. The Balaban J connectivity index is 2.68. The van der Waals surface area contributed by atoms with Crippen LogP contribution in [0.3, 0.4) is 0 Å². The minimum atomic E-state index is -0.660. The van der Waals surface area contributed by atoms with E-state index in [-0.39, 0.29) is 5.91 Å². The summed E-state index contributed by atoms with van der Waals surface area (Å²) < 4.78 is 0. The summed E-state index contributed by atoms with van der Waals surface area (Å²) in [5.41, 5.74) is 1.14. The summed E-state index contributed by atoms with van der Waals surface area (Å²) >= 11 is 0. The molecule has 2 N–H and O–H groups in total. The fourth-order valence-electron chi connectivity index (χ4n) is 1.06. The van der Waals surface area contributed by atoms with Gasteiger partial charge in [-0.25, -0.2) is 0 Å². The van der Waals surface area contributed by atoms with E-state index in [1.807, 2.05) is 0 Å². The molecule has 0 heterocycles. The minimum Gasteiger partial charge on any atom is -0.326 e.